The highest BCUT2D eigenvalue weighted by Gasteiger charge is 2.21. The average molecular weight is 868 g/mol. The van der Waals surface area contributed by atoms with Crippen molar-refractivity contribution in [2.24, 2.45) is 0 Å². The predicted molar refractivity (Wildman–Crippen MR) is 234 cm³/mol. The molecule has 252 valence electrons. The fourth-order valence-electron chi connectivity index (χ4n) is 7.08. The van der Waals surface area contributed by atoms with Crippen LogP contribution in [0.1, 0.15) is 25.7 Å². The third-order valence-corrected chi connectivity index (χ3v) is 13.2. The fraction of sp³-hybridized carbons (Fsp3) is 0.182. The summed E-state index contributed by atoms with van der Waals surface area (Å²) in [5.41, 5.74) is 5.21. The van der Waals surface area contributed by atoms with Gasteiger partial charge >= 0.3 is 0 Å². The summed E-state index contributed by atoms with van der Waals surface area (Å²) in [7, 11) is 4.11. The Kier molecular flexibility index (Phi) is 11.6. The van der Waals surface area contributed by atoms with Crippen molar-refractivity contribution >= 4 is 102 Å². The first kappa shape index (κ1) is 35.3. The van der Waals surface area contributed by atoms with Crippen LogP contribution < -0.4 is 10.6 Å². The largest absolute Gasteiger partial charge is 0.315 e. The number of thiophene rings is 2. The van der Waals surface area contributed by atoms with Crippen LogP contribution in [0.3, 0.4) is 0 Å². The van der Waals surface area contributed by atoms with E-state index in [0.717, 1.165) is 4.47 Å². The Morgan fingerprint density at radius 2 is 1.00 bits per heavy atom. The fourth-order valence-corrected chi connectivity index (χ4v) is 10.5. The summed E-state index contributed by atoms with van der Waals surface area (Å²) in [6, 6.07) is 49.1. The van der Waals surface area contributed by atoms with Gasteiger partial charge in [0.05, 0.1) is 0 Å². The van der Waals surface area contributed by atoms with Gasteiger partial charge in [0.15, 0.2) is 0 Å². The molecule has 6 heteroatoms. The zero-order valence-electron chi connectivity index (χ0n) is 28.3. The minimum absolute atomic E-state index is 0.707. The Balaban J connectivity index is 0.000000125. The summed E-state index contributed by atoms with van der Waals surface area (Å²) < 4.78 is 7.86. The summed E-state index contributed by atoms with van der Waals surface area (Å²) in [5.74, 6) is 0. The van der Waals surface area contributed by atoms with Crippen LogP contribution >= 0.6 is 61.2 Å². The first-order valence-electron chi connectivity index (χ1n) is 17.2. The van der Waals surface area contributed by atoms with Crippen LogP contribution in [-0.4, -0.2) is 26.2 Å². The molecule has 0 saturated heterocycles. The maximum absolute atomic E-state index is 3.56. The quantitative estimate of drug-likeness (QED) is 0.172. The number of benzene rings is 6. The van der Waals surface area contributed by atoms with Gasteiger partial charge in [-0.15, -0.1) is 22.7 Å². The SMILES string of the molecule is Brc1cccc(-c2cccc3c2sc2ccccc23)c1.CNC1CCCCC1NC.Ic1cccc(-c2cccc3c2sc2ccccc23)c1. The third-order valence-electron chi connectivity index (χ3n) is 9.59. The van der Waals surface area contributed by atoms with Gasteiger partial charge in [0.1, 0.15) is 0 Å². The molecule has 0 aliphatic heterocycles. The van der Waals surface area contributed by atoms with Crippen molar-refractivity contribution in [2.45, 2.75) is 37.8 Å². The summed E-state index contributed by atoms with van der Waals surface area (Å²) in [6.07, 6.45) is 5.46. The number of hydrogen-bond acceptors (Lipinski definition) is 4. The molecule has 1 saturated carbocycles. The second-order valence-electron chi connectivity index (χ2n) is 12.7. The molecule has 2 heterocycles. The van der Waals surface area contributed by atoms with Crippen LogP contribution in [0, 0.1) is 3.57 Å². The first-order valence-corrected chi connectivity index (χ1v) is 20.7. The monoisotopic (exact) mass is 866 g/mol. The van der Waals surface area contributed by atoms with Crippen molar-refractivity contribution in [1.29, 1.82) is 0 Å². The van der Waals surface area contributed by atoms with E-state index in [1.54, 1.807) is 0 Å². The second kappa shape index (κ2) is 16.5. The molecule has 9 rings (SSSR count). The second-order valence-corrected chi connectivity index (χ2v) is 16.9. The van der Waals surface area contributed by atoms with Crippen LogP contribution in [-0.2, 0) is 0 Å². The van der Waals surface area contributed by atoms with Crippen LogP contribution in [0.2, 0.25) is 0 Å². The normalized spacial score (nSPS) is 15.8. The van der Waals surface area contributed by atoms with Gasteiger partial charge in [0.2, 0.25) is 0 Å². The molecule has 1 fully saturated rings. The average Bonchev–Trinajstić information content (AvgIpc) is 3.74. The van der Waals surface area contributed by atoms with Gasteiger partial charge in [-0.05, 0) is 108 Å². The maximum Gasteiger partial charge on any atom is 0.0433 e. The molecule has 50 heavy (non-hydrogen) atoms. The highest BCUT2D eigenvalue weighted by atomic mass is 127. The summed E-state index contributed by atoms with van der Waals surface area (Å²) >= 11 is 9.70. The van der Waals surface area contributed by atoms with Crippen molar-refractivity contribution in [3.63, 3.8) is 0 Å². The standard InChI is InChI=1S/C18H11BrS.C18H11IS.C8H18N2/c2*19-13-6-3-5-12(11-13)14-8-4-9-16-15-7-1-2-10-17(15)20-18(14)16;1-9-7-5-3-4-6-8(7)10-2/h2*1-11H;7-10H,3-6H2,1-2H3. The molecule has 2 aromatic heterocycles. The molecule has 2 N–H and O–H groups in total. The number of halogens is 2. The molecule has 6 aromatic carbocycles. The lowest BCUT2D eigenvalue weighted by Crippen LogP contribution is -2.47. The zero-order chi connectivity index (χ0) is 34.5. The number of rotatable bonds is 4. The Labute approximate surface area is 325 Å². The van der Waals surface area contributed by atoms with Crippen LogP contribution in [0.5, 0.6) is 0 Å². The smallest absolute Gasteiger partial charge is 0.0433 e. The summed E-state index contributed by atoms with van der Waals surface area (Å²) in [5, 5.41) is 12.1. The van der Waals surface area contributed by atoms with Crippen molar-refractivity contribution in [3.05, 3.63) is 142 Å². The Morgan fingerprint density at radius 3 is 1.50 bits per heavy atom. The lowest BCUT2D eigenvalue weighted by molar-refractivity contribution is 0.309. The lowest BCUT2D eigenvalue weighted by Gasteiger charge is -2.30. The van der Waals surface area contributed by atoms with E-state index in [1.807, 2.05) is 22.7 Å². The Bertz CT molecular complexity index is 2210. The topological polar surface area (TPSA) is 24.1 Å². The van der Waals surface area contributed by atoms with E-state index in [4.69, 9.17) is 0 Å². The first-order chi connectivity index (χ1) is 24.5. The van der Waals surface area contributed by atoms with Gasteiger partial charge in [-0.25, -0.2) is 0 Å². The molecule has 2 unspecified atom stereocenters. The maximum atomic E-state index is 3.56. The molecular weight excluding hydrogens is 827 g/mol. The van der Waals surface area contributed by atoms with E-state index in [9.17, 15) is 0 Å². The molecule has 2 nitrogen and oxygen atoms in total. The Morgan fingerprint density at radius 1 is 0.540 bits per heavy atom. The number of fused-ring (bicyclic) bond motifs is 6. The predicted octanol–water partition coefficient (Wildman–Crippen LogP) is 13.5. The van der Waals surface area contributed by atoms with Crippen LogP contribution in [0.25, 0.3) is 62.6 Å². The molecule has 0 spiro atoms. The van der Waals surface area contributed by atoms with Gasteiger partial charge in [-0.2, -0.15) is 0 Å². The minimum atomic E-state index is 0.707. The van der Waals surface area contributed by atoms with Gasteiger partial charge in [-0.3, -0.25) is 0 Å². The van der Waals surface area contributed by atoms with Crippen molar-refractivity contribution in [1.82, 2.24) is 10.6 Å². The van der Waals surface area contributed by atoms with E-state index in [0.29, 0.717) is 12.1 Å². The molecule has 0 bridgehead atoms. The number of nitrogens with one attached hydrogen (secondary N) is 2. The van der Waals surface area contributed by atoms with E-state index < -0.39 is 0 Å². The molecular formula is C44H40BrIN2S2. The van der Waals surface area contributed by atoms with Crippen molar-refractivity contribution in [3.8, 4) is 22.3 Å². The van der Waals surface area contributed by atoms with E-state index in [1.165, 1.54) is 91.9 Å². The Hall–Kier alpha value is -3.11. The van der Waals surface area contributed by atoms with Crippen LogP contribution in [0.15, 0.2) is 138 Å². The highest BCUT2D eigenvalue weighted by Crippen LogP contribution is 2.41. The van der Waals surface area contributed by atoms with Gasteiger partial charge in [-0.1, -0.05) is 126 Å². The summed E-state index contributed by atoms with van der Waals surface area (Å²) in [6.45, 7) is 0. The van der Waals surface area contributed by atoms with Gasteiger partial charge in [0, 0.05) is 60.5 Å². The van der Waals surface area contributed by atoms with E-state index in [-0.39, 0.29) is 0 Å². The van der Waals surface area contributed by atoms with E-state index >= 15 is 0 Å². The number of likely N-dealkylation sites (N-methyl/N-ethyl adjacent to an activating group) is 2. The highest BCUT2D eigenvalue weighted by molar-refractivity contribution is 14.1. The zero-order valence-corrected chi connectivity index (χ0v) is 33.6. The molecule has 0 amide bonds. The van der Waals surface area contributed by atoms with Crippen molar-refractivity contribution < 1.29 is 0 Å². The van der Waals surface area contributed by atoms with Gasteiger partial charge in [0.25, 0.3) is 0 Å². The third kappa shape index (κ3) is 7.71. The molecule has 8 aromatic rings. The summed E-state index contributed by atoms with van der Waals surface area (Å²) in [4.78, 5) is 0. The van der Waals surface area contributed by atoms with Crippen molar-refractivity contribution in [2.75, 3.05) is 14.1 Å². The van der Waals surface area contributed by atoms with Gasteiger partial charge < -0.3 is 10.6 Å². The lowest BCUT2D eigenvalue weighted by atomic mass is 9.91. The minimum Gasteiger partial charge on any atom is -0.315 e. The molecule has 0 radical (unpaired) electrons. The molecule has 1 aliphatic carbocycles. The number of hydrogen-bond donors (Lipinski definition) is 2. The molecule has 2 atom stereocenters. The van der Waals surface area contributed by atoms with Crippen LogP contribution in [0.4, 0.5) is 0 Å². The molecule has 1 aliphatic rings. The van der Waals surface area contributed by atoms with E-state index in [2.05, 4.69) is 197 Å².